The van der Waals surface area contributed by atoms with Gasteiger partial charge in [0.05, 0.1) is 33.9 Å². The molecule has 8 nitrogen and oxygen atoms in total. The highest BCUT2D eigenvalue weighted by atomic mass is 16.4. The molecule has 0 saturated carbocycles. The van der Waals surface area contributed by atoms with E-state index in [0.717, 1.165) is 21.5 Å². The van der Waals surface area contributed by atoms with Crippen molar-refractivity contribution in [2.45, 2.75) is 12.8 Å². The summed E-state index contributed by atoms with van der Waals surface area (Å²) in [5.41, 5.74) is 3.82. The largest absolute Gasteiger partial charge is 0.478 e. The van der Waals surface area contributed by atoms with Crippen LogP contribution >= 0.6 is 0 Å². The van der Waals surface area contributed by atoms with Crippen molar-refractivity contribution in [3.05, 3.63) is 144 Å². The van der Waals surface area contributed by atoms with E-state index in [-0.39, 0.29) is 24.0 Å². The van der Waals surface area contributed by atoms with Crippen molar-refractivity contribution in [2.75, 3.05) is 0 Å². The Hall–Kier alpha value is -6.90. The summed E-state index contributed by atoms with van der Waals surface area (Å²) in [6.07, 6.45) is 0.386. The van der Waals surface area contributed by atoms with E-state index in [0.29, 0.717) is 33.9 Å². The van der Waals surface area contributed by atoms with E-state index in [1.54, 1.807) is 12.1 Å². The molecule has 48 heavy (non-hydrogen) atoms. The molecule has 0 radical (unpaired) electrons. The molecule has 0 aliphatic carbocycles. The van der Waals surface area contributed by atoms with Crippen molar-refractivity contribution < 1.29 is 19.8 Å². The van der Waals surface area contributed by atoms with Gasteiger partial charge < -0.3 is 10.2 Å². The smallest absolute Gasteiger partial charge is 0.335 e. The number of fused-ring (bicyclic) bond motifs is 2. The summed E-state index contributed by atoms with van der Waals surface area (Å²) < 4.78 is 0. The molecule has 2 N–H and O–H groups in total. The number of carboxylic acid groups (broad SMARTS) is 2. The molecule has 0 amide bonds. The van der Waals surface area contributed by atoms with Gasteiger partial charge >= 0.3 is 11.9 Å². The Morgan fingerprint density at radius 3 is 1.31 bits per heavy atom. The van der Waals surface area contributed by atoms with Gasteiger partial charge in [-0.25, -0.2) is 9.59 Å². The van der Waals surface area contributed by atoms with Crippen LogP contribution in [0.1, 0.15) is 31.8 Å². The predicted molar refractivity (Wildman–Crippen MR) is 186 cm³/mol. The minimum atomic E-state index is -1.06. The van der Waals surface area contributed by atoms with Gasteiger partial charge in [0.2, 0.25) is 0 Å². The van der Waals surface area contributed by atoms with Crippen molar-refractivity contribution in [1.82, 2.24) is 0 Å². The summed E-state index contributed by atoms with van der Waals surface area (Å²) in [6, 6.07) is 36.5. The molecule has 0 saturated heterocycles. The summed E-state index contributed by atoms with van der Waals surface area (Å²) in [6.45, 7) is 0. The third-order valence-electron chi connectivity index (χ3n) is 7.51. The van der Waals surface area contributed by atoms with Crippen molar-refractivity contribution in [3.8, 4) is 23.7 Å². The summed E-state index contributed by atoms with van der Waals surface area (Å²) in [4.78, 5) is 23.3. The molecule has 8 heteroatoms. The molecule has 0 spiro atoms. The molecule has 0 aliphatic rings. The first kappa shape index (κ1) is 31.1. The molecule has 6 aromatic rings. The third-order valence-corrected chi connectivity index (χ3v) is 7.51. The molecular weight excluding hydrogens is 600 g/mol. The first-order chi connectivity index (χ1) is 23.5. The molecule has 230 valence electrons. The molecule has 0 aliphatic heterocycles. The fraction of sp³-hybridized carbons (Fsp3) is 0.0500. The molecule has 0 atom stereocenters. The number of rotatable bonds is 8. The lowest BCUT2D eigenvalue weighted by molar-refractivity contribution is 0.0686. The van der Waals surface area contributed by atoms with Gasteiger partial charge in [0.15, 0.2) is 0 Å². The van der Waals surface area contributed by atoms with Crippen LogP contribution in [-0.2, 0) is 12.8 Å². The Bertz CT molecular complexity index is 2210. The topological polar surface area (TPSA) is 124 Å². The van der Waals surface area contributed by atoms with E-state index >= 15 is 0 Å². The van der Waals surface area contributed by atoms with Gasteiger partial charge in [-0.1, -0.05) is 84.6 Å². The summed E-state index contributed by atoms with van der Waals surface area (Å²) in [7, 11) is 0. The lowest BCUT2D eigenvalue weighted by Gasteiger charge is -2.04. The zero-order valence-corrected chi connectivity index (χ0v) is 25.5. The maximum Gasteiger partial charge on any atom is 0.335 e. The summed E-state index contributed by atoms with van der Waals surface area (Å²) in [5, 5.41) is 40.8. The quantitative estimate of drug-likeness (QED) is 0.129. The number of azo groups is 2. The van der Waals surface area contributed by atoms with Gasteiger partial charge in [0.25, 0.3) is 0 Å². The number of hydrogen-bond donors (Lipinski definition) is 2. The van der Waals surface area contributed by atoms with Crippen LogP contribution in [0.15, 0.2) is 142 Å². The van der Waals surface area contributed by atoms with Crippen LogP contribution in [0, 0.1) is 23.7 Å². The Labute approximate surface area is 276 Å². The van der Waals surface area contributed by atoms with Crippen molar-refractivity contribution >= 4 is 56.2 Å². The average Bonchev–Trinajstić information content (AvgIpc) is 3.11. The van der Waals surface area contributed by atoms with E-state index in [9.17, 15) is 19.8 Å². The lowest BCUT2D eigenvalue weighted by Crippen LogP contribution is -1.97. The van der Waals surface area contributed by atoms with Crippen LogP contribution in [0.5, 0.6) is 0 Å². The SMILES string of the molecule is O=C(O)c1ccc(N=Nc2cccc3ccccc23)c(CC#CC#CCc2cc(C(=O)O)ccc2N=Nc2cccc3ccccc23)c1. The Kier molecular flexibility index (Phi) is 9.37. The average molecular weight is 627 g/mol. The van der Waals surface area contributed by atoms with Crippen molar-refractivity contribution in [1.29, 1.82) is 0 Å². The Morgan fingerprint density at radius 2 is 0.875 bits per heavy atom. The van der Waals surface area contributed by atoms with E-state index < -0.39 is 11.9 Å². The van der Waals surface area contributed by atoms with Gasteiger partial charge in [-0.3, -0.25) is 0 Å². The molecule has 0 fully saturated rings. The number of hydrogen-bond acceptors (Lipinski definition) is 6. The fourth-order valence-corrected chi connectivity index (χ4v) is 5.09. The Balaban J connectivity index is 1.22. The van der Waals surface area contributed by atoms with E-state index in [1.807, 2.05) is 84.9 Å². The second kappa shape index (κ2) is 14.5. The normalized spacial score (nSPS) is 10.9. The molecule has 0 heterocycles. The molecule has 6 aromatic carbocycles. The molecule has 6 rings (SSSR count). The van der Waals surface area contributed by atoms with Crippen LogP contribution in [0.2, 0.25) is 0 Å². The van der Waals surface area contributed by atoms with Gasteiger partial charge in [0, 0.05) is 23.6 Å². The highest BCUT2D eigenvalue weighted by Crippen LogP contribution is 2.31. The standard InChI is InChI=1S/C40H26N4O4/c45-39(46)31-21-23-35(41-43-37-19-9-15-27-11-5-7-17-33(27)37)29(25-31)13-3-1-2-4-14-30-26-32(40(47)48)22-24-36(30)42-44-38-20-10-16-28-12-6-8-18-34(28)38/h5-12,15-26H,13-14H2,(H,45,46)(H,47,48). The number of aromatic carboxylic acids is 2. The third kappa shape index (κ3) is 7.31. The maximum atomic E-state index is 11.7. The monoisotopic (exact) mass is 626 g/mol. The Morgan fingerprint density at radius 1 is 0.479 bits per heavy atom. The van der Waals surface area contributed by atoms with Crippen molar-refractivity contribution in [3.63, 3.8) is 0 Å². The molecule has 0 unspecified atom stereocenters. The predicted octanol–water partition coefficient (Wildman–Crippen LogP) is 10.0. The zero-order chi connectivity index (χ0) is 33.3. The number of carbonyl (C=O) groups is 2. The second-order valence-electron chi connectivity index (χ2n) is 10.7. The lowest BCUT2D eigenvalue weighted by atomic mass is 10.1. The highest BCUT2D eigenvalue weighted by Gasteiger charge is 2.10. The minimum Gasteiger partial charge on any atom is -0.478 e. The van der Waals surface area contributed by atoms with Gasteiger partial charge in [0.1, 0.15) is 0 Å². The molecule has 0 bridgehead atoms. The van der Waals surface area contributed by atoms with E-state index in [2.05, 4.69) is 44.1 Å². The number of nitrogens with zero attached hydrogens (tertiary/aromatic N) is 4. The summed E-state index contributed by atoms with van der Waals surface area (Å²) in [5.74, 6) is 9.46. The molecular formula is C40H26N4O4. The van der Waals surface area contributed by atoms with Crippen LogP contribution < -0.4 is 0 Å². The van der Waals surface area contributed by atoms with Crippen LogP contribution in [-0.4, -0.2) is 22.2 Å². The van der Waals surface area contributed by atoms with Crippen LogP contribution in [0.25, 0.3) is 21.5 Å². The zero-order valence-electron chi connectivity index (χ0n) is 25.5. The first-order valence-corrected chi connectivity index (χ1v) is 14.9. The van der Waals surface area contributed by atoms with Crippen molar-refractivity contribution in [2.24, 2.45) is 20.5 Å². The van der Waals surface area contributed by atoms with Gasteiger partial charge in [-0.05, 0) is 82.3 Å². The van der Waals surface area contributed by atoms with Crippen LogP contribution in [0.4, 0.5) is 22.7 Å². The number of benzene rings is 6. The molecule has 0 aromatic heterocycles. The van der Waals surface area contributed by atoms with Gasteiger partial charge in [-0.15, -0.1) is 10.2 Å². The first-order valence-electron chi connectivity index (χ1n) is 14.9. The minimum absolute atomic E-state index is 0.116. The summed E-state index contributed by atoms with van der Waals surface area (Å²) >= 11 is 0. The van der Waals surface area contributed by atoms with Crippen LogP contribution in [0.3, 0.4) is 0 Å². The number of carboxylic acids is 2. The van der Waals surface area contributed by atoms with E-state index in [1.165, 1.54) is 24.3 Å². The second-order valence-corrected chi connectivity index (χ2v) is 10.7. The highest BCUT2D eigenvalue weighted by molar-refractivity contribution is 5.93. The van der Waals surface area contributed by atoms with E-state index in [4.69, 9.17) is 0 Å². The van der Waals surface area contributed by atoms with Gasteiger partial charge in [-0.2, -0.15) is 10.2 Å². The fourth-order valence-electron chi connectivity index (χ4n) is 5.09. The maximum absolute atomic E-state index is 11.7.